The molecule has 0 aliphatic heterocycles. The fourth-order valence-corrected chi connectivity index (χ4v) is 3.12. The standard InChI is InChI=1S/C19H20BrCl2N3O2/c1-12(18(26)25-17-7-6-15(21)11-16(17)22)23-8-3-9-24-19(27)13-4-2-5-14(20)10-13/h2,4-7,10-12,23H,3,8-9H2,1H3,(H,24,27)(H,25,26). The van der Waals surface area contributed by atoms with Gasteiger partial charge in [-0.15, -0.1) is 0 Å². The summed E-state index contributed by atoms with van der Waals surface area (Å²) in [5.74, 6) is -0.322. The Morgan fingerprint density at radius 1 is 1.11 bits per heavy atom. The Labute approximate surface area is 176 Å². The zero-order chi connectivity index (χ0) is 19.8. The van der Waals surface area contributed by atoms with Gasteiger partial charge in [0.05, 0.1) is 16.8 Å². The first kappa shape index (κ1) is 21.7. The van der Waals surface area contributed by atoms with Gasteiger partial charge in [-0.25, -0.2) is 0 Å². The molecule has 2 rings (SSSR count). The van der Waals surface area contributed by atoms with E-state index in [0.717, 1.165) is 4.47 Å². The molecule has 0 saturated carbocycles. The number of anilines is 1. The molecule has 27 heavy (non-hydrogen) atoms. The Bertz CT molecular complexity index is 817. The number of nitrogens with one attached hydrogen (secondary N) is 3. The first-order chi connectivity index (χ1) is 12.9. The van der Waals surface area contributed by atoms with E-state index in [1.54, 1.807) is 37.3 Å². The van der Waals surface area contributed by atoms with Crippen LogP contribution < -0.4 is 16.0 Å². The predicted octanol–water partition coefficient (Wildman–Crippen LogP) is 4.49. The number of halogens is 3. The molecule has 2 aromatic rings. The van der Waals surface area contributed by atoms with Crippen LogP contribution in [-0.4, -0.2) is 30.9 Å². The largest absolute Gasteiger partial charge is 0.352 e. The number of hydrogen-bond donors (Lipinski definition) is 3. The van der Waals surface area contributed by atoms with E-state index in [-0.39, 0.29) is 11.8 Å². The highest BCUT2D eigenvalue weighted by Crippen LogP contribution is 2.25. The zero-order valence-corrected chi connectivity index (χ0v) is 17.8. The number of rotatable bonds is 8. The van der Waals surface area contributed by atoms with E-state index in [0.29, 0.717) is 40.8 Å². The van der Waals surface area contributed by atoms with Gasteiger partial charge in [-0.05, 0) is 56.3 Å². The monoisotopic (exact) mass is 471 g/mol. The van der Waals surface area contributed by atoms with E-state index < -0.39 is 6.04 Å². The molecular formula is C19H20BrCl2N3O2. The lowest BCUT2D eigenvalue weighted by atomic mass is 10.2. The van der Waals surface area contributed by atoms with Crippen LogP contribution in [0.5, 0.6) is 0 Å². The molecule has 0 spiro atoms. The van der Waals surface area contributed by atoms with E-state index in [4.69, 9.17) is 23.2 Å². The molecule has 0 bridgehead atoms. The maximum absolute atomic E-state index is 12.2. The second kappa shape index (κ2) is 10.7. The maximum atomic E-state index is 12.2. The molecule has 5 nitrogen and oxygen atoms in total. The Hall–Kier alpha value is -1.60. The lowest BCUT2D eigenvalue weighted by molar-refractivity contribution is -0.117. The van der Waals surface area contributed by atoms with Crippen LogP contribution in [-0.2, 0) is 4.79 Å². The molecule has 0 radical (unpaired) electrons. The zero-order valence-electron chi connectivity index (χ0n) is 14.7. The van der Waals surface area contributed by atoms with E-state index in [2.05, 4.69) is 31.9 Å². The van der Waals surface area contributed by atoms with Crippen molar-refractivity contribution < 1.29 is 9.59 Å². The van der Waals surface area contributed by atoms with E-state index >= 15 is 0 Å². The average molecular weight is 473 g/mol. The van der Waals surface area contributed by atoms with Crippen LogP contribution in [0, 0.1) is 0 Å². The van der Waals surface area contributed by atoms with Crippen molar-refractivity contribution in [3.05, 3.63) is 62.5 Å². The summed E-state index contributed by atoms with van der Waals surface area (Å²) in [5, 5.41) is 9.62. The van der Waals surface area contributed by atoms with Gasteiger partial charge in [0, 0.05) is 21.6 Å². The highest BCUT2D eigenvalue weighted by molar-refractivity contribution is 9.10. The van der Waals surface area contributed by atoms with Crippen molar-refractivity contribution in [2.75, 3.05) is 18.4 Å². The molecule has 3 N–H and O–H groups in total. The maximum Gasteiger partial charge on any atom is 0.251 e. The third-order valence-corrected chi connectivity index (χ3v) is 4.80. The summed E-state index contributed by atoms with van der Waals surface area (Å²) in [5.41, 5.74) is 1.12. The molecule has 0 aliphatic carbocycles. The molecule has 2 aromatic carbocycles. The second-order valence-electron chi connectivity index (χ2n) is 5.91. The summed E-state index contributed by atoms with van der Waals surface area (Å²) < 4.78 is 0.859. The molecule has 1 unspecified atom stereocenters. The SMILES string of the molecule is CC(NCCCNC(=O)c1cccc(Br)c1)C(=O)Nc1ccc(Cl)cc1Cl. The van der Waals surface area contributed by atoms with E-state index in [1.165, 1.54) is 0 Å². The van der Waals surface area contributed by atoms with Gasteiger partial charge in [0.1, 0.15) is 0 Å². The topological polar surface area (TPSA) is 70.2 Å². The summed E-state index contributed by atoms with van der Waals surface area (Å²) in [6.07, 6.45) is 0.694. The predicted molar refractivity (Wildman–Crippen MR) is 114 cm³/mol. The molecule has 0 aliphatic rings. The molecule has 0 aromatic heterocycles. The van der Waals surface area contributed by atoms with E-state index in [1.807, 2.05) is 12.1 Å². The van der Waals surface area contributed by atoms with Gasteiger partial charge in [-0.1, -0.05) is 45.2 Å². The Balaban J connectivity index is 1.68. The number of amides is 2. The smallest absolute Gasteiger partial charge is 0.251 e. The van der Waals surface area contributed by atoms with Gasteiger partial charge < -0.3 is 16.0 Å². The third-order valence-electron chi connectivity index (χ3n) is 3.76. The van der Waals surface area contributed by atoms with Crippen LogP contribution in [0.2, 0.25) is 10.0 Å². The summed E-state index contributed by atoms with van der Waals surface area (Å²) in [6.45, 7) is 2.86. The van der Waals surface area contributed by atoms with Crippen LogP contribution in [0.4, 0.5) is 5.69 Å². The molecule has 0 saturated heterocycles. The lowest BCUT2D eigenvalue weighted by Crippen LogP contribution is -2.39. The van der Waals surface area contributed by atoms with Gasteiger partial charge in [0.25, 0.3) is 5.91 Å². The van der Waals surface area contributed by atoms with Crippen LogP contribution in [0.1, 0.15) is 23.7 Å². The van der Waals surface area contributed by atoms with Gasteiger partial charge in [0.2, 0.25) is 5.91 Å². The fourth-order valence-electron chi connectivity index (χ4n) is 2.27. The van der Waals surface area contributed by atoms with Crippen molar-refractivity contribution in [3.63, 3.8) is 0 Å². The first-order valence-electron chi connectivity index (χ1n) is 8.40. The number of carbonyl (C=O) groups is 2. The Morgan fingerprint density at radius 3 is 2.59 bits per heavy atom. The third kappa shape index (κ3) is 7.14. The lowest BCUT2D eigenvalue weighted by Gasteiger charge is -2.15. The van der Waals surface area contributed by atoms with Gasteiger partial charge in [-0.2, -0.15) is 0 Å². The van der Waals surface area contributed by atoms with Crippen molar-refractivity contribution in [3.8, 4) is 0 Å². The van der Waals surface area contributed by atoms with Crippen LogP contribution in [0.15, 0.2) is 46.9 Å². The molecule has 8 heteroatoms. The normalized spacial score (nSPS) is 11.7. The van der Waals surface area contributed by atoms with Crippen LogP contribution in [0.25, 0.3) is 0 Å². The fraction of sp³-hybridized carbons (Fsp3) is 0.263. The number of hydrogen-bond acceptors (Lipinski definition) is 3. The molecule has 2 amide bonds. The molecule has 0 heterocycles. The van der Waals surface area contributed by atoms with Crippen LogP contribution >= 0.6 is 39.1 Å². The molecule has 1 atom stereocenters. The summed E-state index contributed by atoms with van der Waals surface area (Å²) in [4.78, 5) is 24.2. The minimum absolute atomic E-state index is 0.125. The Kier molecular flexibility index (Phi) is 8.57. The highest BCUT2D eigenvalue weighted by atomic mass is 79.9. The summed E-state index contributed by atoms with van der Waals surface area (Å²) in [6, 6.07) is 11.7. The number of carbonyl (C=O) groups excluding carboxylic acids is 2. The van der Waals surface area contributed by atoms with Gasteiger partial charge in [-0.3, -0.25) is 9.59 Å². The highest BCUT2D eigenvalue weighted by Gasteiger charge is 2.13. The first-order valence-corrected chi connectivity index (χ1v) is 9.95. The van der Waals surface area contributed by atoms with Gasteiger partial charge in [0.15, 0.2) is 0 Å². The van der Waals surface area contributed by atoms with Crippen molar-refractivity contribution in [2.45, 2.75) is 19.4 Å². The summed E-state index contributed by atoms with van der Waals surface area (Å²) in [7, 11) is 0. The van der Waals surface area contributed by atoms with Crippen molar-refractivity contribution in [2.24, 2.45) is 0 Å². The van der Waals surface area contributed by atoms with Crippen LogP contribution in [0.3, 0.4) is 0 Å². The second-order valence-corrected chi connectivity index (χ2v) is 7.67. The molecular weight excluding hydrogens is 453 g/mol. The molecule has 144 valence electrons. The number of benzene rings is 2. The van der Waals surface area contributed by atoms with Gasteiger partial charge >= 0.3 is 0 Å². The minimum atomic E-state index is -0.405. The molecule has 0 fully saturated rings. The average Bonchev–Trinajstić information content (AvgIpc) is 2.63. The quantitative estimate of drug-likeness (QED) is 0.495. The van der Waals surface area contributed by atoms with E-state index in [9.17, 15) is 9.59 Å². The van der Waals surface area contributed by atoms with Crippen molar-refractivity contribution >= 4 is 56.6 Å². The minimum Gasteiger partial charge on any atom is -0.352 e. The van der Waals surface area contributed by atoms with Crippen molar-refractivity contribution in [1.29, 1.82) is 0 Å². The summed E-state index contributed by atoms with van der Waals surface area (Å²) >= 11 is 15.2. The van der Waals surface area contributed by atoms with Crippen molar-refractivity contribution in [1.82, 2.24) is 10.6 Å². The Morgan fingerprint density at radius 2 is 1.89 bits per heavy atom.